The van der Waals surface area contributed by atoms with Crippen molar-refractivity contribution in [3.05, 3.63) is 42.1 Å². The Balaban J connectivity index is 1.84. The molecule has 0 radical (unpaired) electrons. The highest BCUT2D eigenvalue weighted by Crippen LogP contribution is 2.13. The van der Waals surface area contributed by atoms with Crippen LogP contribution in [-0.4, -0.2) is 37.3 Å². The molecule has 6 heteroatoms. The van der Waals surface area contributed by atoms with Crippen molar-refractivity contribution in [3.63, 3.8) is 0 Å². The Bertz CT molecular complexity index is 560. The summed E-state index contributed by atoms with van der Waals surface area (Å²) in [4.78, 5) is 8.62. The molecule has 0 bridgehead atoms. The fourth-order valence-corrected chi connectivity index (χ4v) is 1.90. The zero-order valence-corrected chi connectivity index (χ0v) is 13.0. The van der Waals surface area contributed by atoms with Crippen LogP contribution in [0.3, 0.4) is 0 Å². The van der Waals surface area contributed by atoms with E-state index in [9.17, 15) is 0 Å². The Labute approximate surface area is 130 Å². The van der Waals surface area contributed by atoms with Gasteiger partial charge in [0.25, 0.3) is 0 Å². The topological polar surface area (TPSA) is 68.3 Å². The van der Waals surface area contributed by atoms with Gasteiger partial charge in [0.05, 0.1) is 7.11 Å². The molecule has 1 heterocycles. The molecule has 0 spiro atoms. The molecular weight excluding hydrogens is 280 g/mol. The minimum absolute atomic E-state index is 0.621. The minimum atomic E-state index is 0.621. The van der Waals surface area contributed by atoms with E-state index in [0.29, 0.717) is 12.5 Å². The fourth-order valence-electron chi connectivity index (χ4n) is 1.90. The predicted molar refractivity (Wildman–Crippen MR) is 87.3 cm³/mol. The lowest BCUT2D eigenvalue weighted by atomic mass is 10.2. The van der Waals surface area contributed by atoms with Gasteiger partial charge in [0.2, 0.25) is 5.95 Å². The molecule has 0 saturated heterocycles. The van der Waals surface area contributed by atoms with Crippen molar-refractivity contribution in [2.45, 2.75) is 13.0 Å². The number of aromatic nitrogens is 2. The van der Waals surface area contributed by atoms with Gasteiger partial charge in [-0.15, -0.1) is 0 Å². The second-order valence-corrected chi connectivity index (χ2v) is 4.74. The highest BCUT2D eigenvalue weighted by atomic mass is 16.5. The number of methoxy groups -OCH3 is 2. The maximum absolute atomic E-state index is 5.14. The first-order valence-electron chi connectivity index (χ1n) is 7.24. The van der Waals surface area contributed by atoms with Crippen LogP contribution in [0.5, 0.6) is 5.75 Å². The maximum Gasteiger partial charge on any atom is 0.224 e. The Morgan fingerprint density at radius 2 is 1.86 bits per heavy atom. The highest BCUT2D eigenvalue weighted by Gasteiger charge is 2.00. The molecule has 0 aliphatic heterocycles. The average Bonchev–Trinajstić information content (AvgIpc) is 2.58. The summed E-state index contributed by atoms with van der Waals surface area (Å²) in [6.07, 6.45) is 2.66. The average molecular weight is 302 g/mol. The second-order valence-electron chi connectivity index (χ2n) is 4.74. The second kappa shape index (κ2) is 8.84. The van der Waals surface area contributed by atoms with Gasteiger partial charge < -0.3 is 20.1 Å². The lowest BCUT2D eigenvalue weighted by Crippen LogP contribution is -2.09. The van der Waals surface area contributed by atoms with Gasteiger partial charge in [-0.1, -0.05) is 12.1 Å². The van der Waals surface area contributed by atoms with E-state index < -0.39 is 0 Å². The number of hydrogen-bond acceptors (Lipinski definition) is 6. The first-order chi connectivity index (χ1) is 10.8. The molecular formula is C16H22N4O2. The van der Waals surface area contributed by atoms with Crippen LogP contribution in [0.2, 0.25) is 0 Å². The molecule has 2 aromatic rings. The van der Waals surface area contributed by atoms with E-state index >= 15 is 0 Å². The predicted octanol–water partition coefficient (Wildman–Crippen LogP) is 2.55. The van der Waals surface area contributed by atoms with Gasteiger partial charge in [0.15, 0.2) is 0 Å². The van der Waals surface area contributed by atoms with Crippen molar-refractivity contribution in [3.8, 4) is 5.75 Å². The maximum atomic E-state index is 5.14. The van der Waals surface area contributed by atoms with E-state index in [1.165, 1.54) is 0 Å². The summed E-state index contributed by atoms with van der Waals surface area (Å²) in [6.45, 7) is 2.21. The van der Waals surface area contributed by atoms with Crippen LogP contribution in [0.25, 0.3) is 0 Å². The number of anilines is 2. The summed E-state index contributed by atoms with van der Waals surface area (Å²) in [5, 5.41) is 6.46. The van der Waals surface area contributed by atoms with Crippen molar-refractivity contribution in [2.24, 2.45) is 0 Å². The van der Waals surface area contributed by atoms with Gasteiger partial charge in [-0.3, -0.25) is 0 Å². The number of nitrogens with zero attached hydrogens (tertiary/aromatic N) is 2. The van der Waals surface area contributed by atoms with Crippen molar-refractivity contribution in [1.82, 2.24) is 9.97 Å². The van der Waals surface area contributed by atoms with E-state index in [0.717, 1.165) is 36.7 Å². The standard InChI is InChI=1S/C16H22N4O2/c1-21-11-3-9-17-16-18-10-8-15(20-16)19-12-13-4-6-14(22-2)7-5-13/h4-8,10H,3,9,11-12H2,1-2H3,(H2,17,18,19,20). The molecule has 0 aliphatic carbocycles. The molecule has 118 valence electrons. The number of ether oxygens (including phenoxy) is 2. The van der Waals surface area contributed by atoms with Crippen LogP contribution in [0.1, 0.15) is 12.0 Å². The molecule has 0 aliphatic rings. The van der Waals surface area contributed by atoms with Crippen LogP contribution >= 0.6 is 0 Å². The van der Waals surface area contributed by atoms with Crippen LogP contribution in [0.15, 0.2) is 36.5 Å². The minimum Gasteiger partial charge on any atom is -0.497 e. The Morgan fingerprint density at radius 3 is 2.59 bits per heavy atom. The molecule has 0 amide bonds. The van der Waals surface area contributed by atoms with Gasteiger partial charge in [0.1, 0.15) is 11.6 Å². The molecule has 0 unspecified atom stereocenters. The lowest BCUT2D eigenvalue weighted by Gasteiger charge is -2.09. The van der Waals surface area contributed by atoms with Gasteiger partial charge in [-0.2, -0.15) is 4.98 Å². The fraction of sp³-hybridized carbons (Fsp3) is 0.375. The first-order valence-corrected chi connectivity index (χ1v) is 7.24. The van der Waals surface area contributed by atoms with E-state index in [1.54, 1.807) is 20.4 Å². The summed E-state index contributed by atoms with van der Waals surface area (Å²) in [5.41, 5.74) is 1.16. The van der Waals surface area contributed by atoms with Crippen LogP contribution in [0.4, 0.5) is 11.8 Å². The van der Waals surface area contributed by atoms with Gasteiger partial charge in [-0.25, -0.2) is 4.98 Å². The number of hydrogen-bond donors (Lipinski definition) is 2. The van der Waals surface area contributed by atoms with E-state index in [1.807, 2.05) is 30.3 Å². The quantitative estimate of drug-likeness (QED) is 0.694. The molecule has 0 fully saturated rings. The third-order valence-electron chi connectivity index (χ3n) is 3.10. The summed E-state index contributed by atoms with van der Waals surface area (Å²) in [5.74, 6) is 2.27. The molecule has 0 atom stereocenters. The van der Waals surface area contributed by atoms with Crippen LogP contribution < -0.4 is 15.4 Å². The SMILES string of the molecule is COCCCNc1nccc(NCc2ccc(OC)cc2)n1. The highest BCUT2D eigenvalue weighted by molar-refractivity contribution is 5.40. The zero-order chi connectivity index (χ0) is 15.6. The van der Waals surface area contributed by atoms with Gasteiger partial charge in [-0.05, 0) is 30.2 Å². The summed E-state index contributed by atoms with van der Waals surface area (Å²) in [7, 11) is 3.36. The van der Waals surface area contributed by atoms with Crippen LogP contribution in [-0.2, 0) is 11.3 Å². The Hall–Kier alpha value is -2.34. The monoisotopic (exact) mass is 302 g/mol. The molecule has 1 aromatic carbocycles. The lowest BCUT2D eigenvalue weighted by molar-refractivity contribution is 0.197. The molecule has 1 aromatic heterocycles. The van der Waals surface area contributed by atoms with Crippen molar-refractivity contribution >= 4 is 11.8 Å². The zero-order valence-electron chi connectivity index (χ0n) is 13.0. The summed E-state index contributed by atoms with van der Waals surface area (Å²) >= 11 is 0. The molecule has 22 heavy (non-hydrogen) atoms. The number of benzene rings is 1. The molecule has 6 nitrogen and oxygen atoms in total. The Morgan fingerprint density at radius 1 is 1.05 bits per heavy atom. The van der Waals surface area contributed by atoms with Crippen molar-refractivity contribution < 1.29 is 9.47 Å². The molecule has 0 saturated carbocycles. The van der Waals surface area contributed by atoms with E-state index in [4.69, 9.17) is 9.47 Å². The normalized spacial score (nSPS) is 10.3. The largest absolute Gasteiger partial charge is 0.497 e. The first kappa shape index (κ1) is 16.0. The van der Waals surface area contributed by atoms with Gasteiger partial charge in [0, 0.05) is 33.0 Å². The third kappa shape index (κ3) is 5.21. The summed E-state index contributed by atoms with van der Waals surface area (Å²) < 4.78 is 10.1. The number of rotatable bonds is 9. The smallest absolute Gasteiger partial charge is 0.224 e. The van der Waals surface area contributed by atoms with Gasteiger partial charge >= 0.3 is 0 Å². The van der Waals surface area contributed by atoms with E-state index in [-0.39, 0.29) is 0 Å². The van der Waals surface area contributed by atoms with Crippen molar-refractivity contribution in [1.29, 1.82) is 0 Å². The molecule has 2 N–H and O–H groups in total. The number of nitrogens with one attached hydrogen (secondary N) is 2. The Kier molecular flexibility index (Phi) is 6.44. The third-order valence-corrected chi connectivity index (χ3v) is 3.10. The van der Waals surface area contributed by atoms with E-state index in [2.05, 4.69) is 20.6 Å². The summed E-state index contributed by atoms with van der Waals surface area (Å²) in [6, 6.07) is 9.79. The van der Waals surface area contributed by atoms with Crippen LogP contribution in [0, 0.1) is 0 Å². The van der Waals surface area contributed by atoms with Crippen molar-refractivity contribution in [2.75, 3.05) is 38.0 Å². The molecule has 2 rings (SSSR count).